The summed E-state index contributed by atoms with van der Waals surface area (Å²) in [7, 11) is 1.56. The van der Waals surface area contributed by atoms with Gasteiger partial charge in [-0.15, -0.1) is 23.1 Å². The topological polar surface area (TPSA) is 101 Å². The number of thioether (sulfide) groups is 1. The number of aromatic nitrogens is 1. The molecule has 1 aliphatic heterocycles. The fraction of sp³-hybridized carbons (Fsp3) is 0.250. The van der Waals surface area contributed by atoms with Gasteiger partial charge in [0, 0.05) is 41.5 Å². The van der Waals surface area contributed by atoms with E-state index in [2.05, 4.69) is 15.6 Å². The third-order valence-corrected chi connectivity index (χ3v) is 7.03. The molecule has 1 atom stereocenters. The van der Waals surface area contributed by atoms with E-state index in [0.29, 0.717) is 28.0 Å². The first-order valence-corrected chi connectivity index (χ1v) is 12.8. The Morgan fingerprint density at radius 2 is 2.03 bits per heavy atom. The molecule has 8 nitrogen and oxygen atoms in total. The van der Waals surface area contributed by atoms with Crippen molar-refractivity contribution in [2.24, 2.45) is 5.92 Å². The van der Waals surface area contributed by atoms with Crippen molar-refractivity contribution in [3.63, 3.8) is 0 Å². The van der Waals surface area contributed by atoms with Gasteiger partial charge in [-0.1, -0.05) is 6.07 Å². The number of hydrogen-bond donors (Lipinski definition) is 2. The molecule has 0 bridgehead atoms. The van der Waals surface area contributed by atoms with Crippen molar-refractivity contribution in [3.05, 3.63) is 65.4 Å². The molecule has 0 spiro atoms. The zero-order valence-corrected chi connectivity index (χ0v) is 20.5. The number of carbonyl (C=O) groups excluding carboxylic acids is 3. The van der Waals surface area contributed by atoms with E-state index in [1.165, 1.54) is 47.4 Å². The van der Waals surface area contributed by atoms with Gasteiger partial charge in [-0.3, -0.25) is 14.4 Å². The van der Waals surface area contributed by atoms with Crippen LogP contribution in [0.5, 0.6) is 5.75 Å². The number of halogens is 1. The maximum absolute atomic E-state index is 12.9. The van der Waals surface area contributed by atoms with Crippen LogP contribution in [-0.4, -0.2) is 42.1 Å². The van der Waals surface area contributed by atoms with Crippen LogP contribution in [0.15, 0.2) is 53.9 Å². The summed E-state index contributed by atoms with van der Waals surface area (Å²) in [5.41, 5.74) is 1.97. The second-order valence-electron chi connectivity index (χ2n) is 7.79. The number of nitrogens with one attached hydrogen (secondary N) is 2. The van der Waals surface area contributed by atoms with Gasteiger partial charge in [0.2, 0.25) is 17.7 Å². The third-order valence-electron chi connectivity index (χ3n) is 5.25. The van der Waals surface area contributed by atoms with Crippen molar-refractivity contribution in [3.8, 4) is 5.75 Å². The highest BCUT2D eigenvalue weighted by molar-refractivity contribution is 7.99. The van der Waals surface area contributed by atoms with E-state index >= 15 is 0 Å². The van der Waals surface area contributed by atoms with Crippen LogP contribution in [0.4, 0.5) is 20.9 Å². The van der Waals surface area contributed by atoms with Crippen LogP contribution in [-0.2, 0) is 20.1 Å². The molecule has 1 unspecified atom stereocenters. The minimum atomic E-state index is -0.481. The molecular weight excluding hydrogens is 491 g/mol. The number of benzene rings is 2. The van der Waals surface area contributed by atoms with E-state index in [-0.39, 0.29) is 42.3 Å². The van der Waals surface area contributed by atoms with Gasteiger partial charge in [-0.2, -0.15) is 0 Å². The van der Waals surface area contributed by atoms with Crippen LogP contribution in [0, 0.1) is 11.7 Å². The highest BCUT2D eigenvalue weighted by atomic mass is 32.2. The number of nitrogens with zero attached hydrogens (tertiary/aromatic N) is 2. The summed E-state index contributed by atoms with van der Waals surface area (Å²) in [4.78, 5) is 43.3. The van der Waals surface area contributed by atoms with Crippen LogP contribution in [0.3, 0.4) is 0 Å². The lowest BCUT2D eigenvalue weighted by molar-refractivity contribution is -0.122. The lowest BCUT2D eigenvalue weighted by Gasteiger charge is -2.17. The molecule has 3 aromatic rings. The molecule has 35 heavy (non-hydrogen) atoms. The molecule has 1 saturated heterocycles. The second-order valence-corrected chi connectivity index (χ2v) is 9.63. The van der Waals surface area contributed by atoms with Crippen LogP contribution in [0.2, 0.25) is 0 Å². The minimum absolute atomic E-state index is 0.117. The Balaban J connectivity index is 1.24. The van der Waals surface area contributed by atoms with E-state index < -0.39 is 5.92 Å². The zero-order chi connectivity index (χ0) is 24.8. The molecule has 1 fully saturated rings. The second kappa shape index (κ2) is 11.3. The van der Waals surface area contributed by atoms with E-state index in [0.717, 1.165) is 5.69 Å². The summed E-state index contributed by atoms with van der Waals surface area (Å²) in [6.07, 6.45) is 0.125. The Bertz CT molecular complexity index is 1220. The number of methoxy groups -OCH3 is 1. The normalized spacial score (nSPS) is 15.2. The molecule has 182 valence electrons. The Labute approximate surface area is 209 Å². The first kappa shape index (κ1) is 24.7. The lowest BCUT2D eigenvalue weighted by atomic mass is 10.1. The Kier molecular flexibility index (Phi) is 7.98. The summed E-state index contributed by atoms with van der Waals surface area (Å²) in [6, 6.07) is 12.7. The molecule has 11 heteroatoms. The summed E-state index contributed by atoms with van der Waals surface area (Å²) < 4.78 is 18.2. The first-order valence-electron chi connectivity index (χ1n) is 10.7. The standard InChI is InChI=1S/C24H23FN4O4S2/c1-33-20-4-2-3-19(10-20)29-11-15(9-22(29)31)23(32)28-24-27-18(13-35-24)12-34-14-21(30)26-17-7-5-16(25)6-8-17/h2-8,10,13,15H,9,11-12,14H2,1H3,(H,26,30)(H,27,28,32). The molecule has 4 rings (SSSR count). The van der Waals surface area contributed by atoms with Gasteiger partial charge in [0.15, 0.2) is 5.13 Å². The molecule has 0 saturated carbocycles. The number of anilines is 3. The Hall–Kier alpha value is -3.44. The van der Waals surface area contributed by atoms with Gasteiger partial charge in [0.1, 0.15) is 11.6 Å². The van der Waals surface area contributed by atoms with Gasteiger partial charge < -0.3 is 20.3 Å². The smallest absolute Gasteiger partial charge is 0.234 e. The van der Waals surface area contributed by atoms with Crippen molar-refractivity contribution in [1.82, 2.24) is 4.98 Å². The maximum atomic E-state index is 12.9. The largest absolute Gasteiger partial charge is 0.497 e. The van der Waals surface area contributed by atoms with Gasteiger partial charge in [0.05, 0.1) is 24.5 Å². The average Bonchev–Trinajstić information content (AvgIpc) is 3.47. The molecule has 1 aliphatic rings. The highest BCUT2D eigenvalue weighted by Gasteiger charge is 2.35. The summed E-state index contributed by atoms with van der Waals surface area (Å²) in [5.74, 6) is -0.0656. The molecular formula is C24H23FN4O4S2. The van der Waals surface area contributed by atoms with Crippen molar-refractivity contribution in [1.29, 1.82) is 0 Å². The maximum Gasteiger partial charge on any atom is 0.234 e. The van der Waals surface area contributed by atoms with Gasteiger partial charge in [-0.25, -0.2) is 9.37 Å². The summed E-state index contributed by atoms with van der Waals surface area (Å²) in [5, 5.41) is 7.78. The van der Waals surface area contributed by atoms with Crippen LogP contribution >= 0.6 is 23.1 Å². The highest BCUT2D eigenvalue weighted by Crippen LogP contribution is 2.29. The third kappa shape index (κ3) is 6.58. The molecule has 2 N–H and O–H groups in total. The quantitative estimate of drug-likeness (QED) is 0.445. The molecule has 2 aromatic carbocycles. The van der Waals surface area contributed by atoms with Crippen molar-refractivity contribution >= 4 is 57.3 Å². The number of amides is 3. The number of rotatable bonds is 9. The Morgan fingerprint density at radius 3 is 2.80 bits per heavy atom. The van der Waals surface area contributed by atoms with E-state index in [1.54, 1.807) is 30.2 Å². The van der Waals surface area contributed by atoms with Crippen molar-refractivity contribution < 1.29 is 23.5 Å². The number of carbonyl (C=O) groups is 3. The zero-order valence-electron chi connectivity index (χ0n) is 18.8. The van der Waals surface area contributed by atoms with Crippen LogP contribution in [0.1, 0.15) is 12.1 Å². The van der Waals surface area contributed by atoms with Crippen molar-refractivity contribution in [2.75, 3.05) is 34.9 Å². The summed E-state index contributed by atoms with van der Waals surface area (Å²) >= 11 is 2.67. The fourth-order valence-electron chi connectivity index (χ4n) is 3.53. The molecule has 0 aliphatic carbocycles. The first-order chi connectivity index (χ1) is 16.9. The summed E-state index contributed by atoms with van der Waals surface area (Å²) in [6.45, 7) is 0.287. The van der Waals surface area contributed by atoms with E-state index in [4.69, 9.17) is 4.74 Å². The van der Waals surface area contributed by atoms with Gasteiger partial charge >= 0.3 is 0 Å². The average molecular weight is 515 g/mol. The van der Waals surface area contributed by atoms with Crippen molar-refractivity contribution in [2.45, 2.75) is 12.2 Å². The monoisotopic (exact) mass is 514 g/mol. The number of ether oxygens (including phenoxy) is 1. The van der Waals surface area contributed by atoms with E-state index in [9.17, 15) is 18.8 Å². The van der Waals surface area contributed by atoms with Gasteiger partial charge in [-0.05, 0) is 36.4 Å². The predicted molar refractivity (Wildman–Crippen MR) is 135 cm³/mol. The molecule has 0 radical (unpaired) electrons. The molecule has 2 heterocycles. The van der Waals surface area contributed by atoms with Crippen LogP contribution in [0.25, 0.3) is 0 Å². The lowest BCUT2D eigenvalue weighted by Crippen LogP contribution is -2.28. The minimum Gasteiger partial charge on any atom is -0.497 e. The SMILES string of the molecule is COc1cccc(N2CC(C(=O)Nc3nc(CSCC(=O)Nc4ccc(F)cc4)cs3)CC2=O)c1. The molecule has 1 aromatic heterocycles. The molecule has 3 amide bonds. The van der Waals surface area contributed by atoms with E-state index in [1.807, 2.05) is 11.4 Å². The predicted octanol–water partition coefficient (Wildman–Crippen LogP) is 4.15. The number of thiazole rings is 1. The van der Waals surface area contributed by atoms with Crippen LogP contribution < -0.4 is 20.3 Å². The van der Waals surface area contributed by atoms with Gasteiger partial charge in [0.25, 0.3) is 0 Å². The Morgan fingerprint density at radius 1 is 1.23 bits per heavy atom. The fourth-order valence-corrected chi connectivity index (χ4v) is 5.06. The number of hydrogen-bond acceptors (Lipinski definition) is 7.